The van der Waals surface area contributed by atoms with E-state index in [1.54, 1.807) is 48.5 Å². The van der Waals surface area contributed by atoms with Crippen LogP contribution in [0, 0.1) is 0 Å². The molecule has 0 bridgehead atoms. The van der Waals surface area contributed by atoms with Gasteiger partial charge in [0, 0.05) is 21.7 Å². The van der Waals surface area contributed by atoms with Gasteiger partial charge in [-0.1, -0.05) is 17.7 Å². The molecule has 7 heteroatoms. The number of benzene rings is 2. The highest BCUT2D eigenvalue weighted by Gasteiger charge is 2.32. The first-order valence-electron chi connectivity index (χ1n) is 8.12. The topological polar surface area (TPSA) is 63.7 Å². The summed E-state index contributed by atoms with van der Waals surface area (Å²) < 4.78 is 29.2. The van der Waals surface area contributed by atoms with Gasteiger partial charge in [0.1, 0.15) is 5.75 Å². The minimum atomic E-state index is -3.31. The Hall–Kier alpha value is -2.31. The van der Waals surface area contributed by atoms with Crippen LogP contribution < -0.4 is 9.64 Å². The molecule has 0 aromatic heterocycles. The molecule has 0 spiro atoms. The van der Waals surface area contributed by atoms with E-state index in [-0.39, 0.29) is 11.7 Å². The molecule has 1 atom stereocenters. The molecule has 136 valence electrons. The van der Waals surface area contributed by atoms with E-state index < -0.39 is 15.9 Å². The average molecular weight is 392 g/mol. The lowest BCUT2D eigenvalue weighted by molar-refractivity contribution is 0.0983. The van der Waals surface area contributed by atoms with Gasteiger partial charge in [-0.3, -0.25) is 4.79 Å². The number of anilines is 1. The molecule has 1 amide bonds. The van der Waals surface area contributed by atoms with Gasteiger partial charge in [0.15, 0.2) is 9.84 Å². The highest BCUT2D eigenvalue weighted by Crippen LogP contribution is 2.27. The van der Waals surface area contributed by atoms with E-state index in [4.69, 9.17) is 16.3 Å². The molecule has 5 nitrogen and oxygen atoms in total. The van der Waals surface area contributed by atoms with Gasteiger partial charge in [-0.15, -0.1) is 0 Å². The Kier molecular flexibility index (Phi) is 5.34. The fourth-order valence-electron chi connectivity index (χ4n) is 2.81. The van der Waals surface area contributed by atoms with Gasteiger partial charge >= 0.3 is 0 Å². The van der Waals surface area contributed by atoms with Crippen LogP contribution in [0.3, 0.4) is 0 Å². The summed E-state index contributed by atoms with van der Waals surface area (Å²) >= 11 is 6.00. The van der Waals surface area contributed by atoms with Crippen molar-refractivity contribution in [2.75, 3.05) is 17.3 Å². The molecular formula is C19H18ClNO4S. The number of nitrogens with zero attached hydrogens (tertiary/aromatic N) is 1. The van der Waals surface area contributed by atoms with Crippen LogP contribution in [-0.2, 0) is 9.84 Å². The molecule has 2 aromatic carbocycles. The molecule has 3 rings (SSSR count). The number of sulfone groups is 1. The predicted octanol–water partition coefficient (Wildman–Crippen LogP) is 3.70. The van der Waals surface area contributed by atoms with E-state index in [9.17, 15) is 13.2 Å². The molecule has 0 N–H and O–H groups in total. The van der Waals surface area contributed by atoms with Crippen LogP contribution in [0.2, 0.25) is 5.02 Å². The van der Waals surface area contributed by atoms with Gasteiger partial charge < -0.3 is 9.64 Å². The molecule has 0 saturated carbocycles. The van der Waals surface area contributed by atoms with Crippen molar-refractivity contribution in [1.82, 2.24) is 0 Å². The molecular weight excluding hydrogens is 374 g/mol. The first-order chi connectivity index (χ1) is 12.4. The molecule has 1 aliphatic heterocycles. The van der Waals surface area contributed by atoms with Crippen molar-refractivity contribution in [2.45, 2.75) is 13.0 Å². The SMILES string of the molecule is CCOc1ccc(N(C(=O)c2cccc(Cl)c2)[C@H]2C=CS(=O)(=O)C2)cc1. The van der Waals surface area contributed by atoms with Gasteiger partial charge in [-0.2, -0.15) is 0 Å². The van der Waals surface area contributed by atoms with E-state index >= 15 is 0 Å². The molecule has 1 heterocycles. The third-order valence-corrected chi connectivity index (χ3v) is 5.57. The number of amides is 1. The first kappa shape index (κ1) is 18.5. The summed E-state index contributed by atoms with van der Waals surface area (Å²) in [6, 6.07) is 13.0. The monoisotopic (exact) mass is 391 g/mol. The number of ether oxygens (including phenoxy) is 1. The quantitative estimate of drug-likeness (QED) is 0.779. The Morgan fingerprint density at radius 2 is 1.96 bits per heavy atom. The highest BCUT2D eigenvalue weighted by atomic mass is 35.5. The zero-order valence-corrected chi connectivity index (χ0v) is 15.7. The fraction of sp³-hybridized carbons (Fsp3) is 0.211. The van der Waals surface area contributed by atoms with Crippen LogP contribution in [0.15, 0.2) is 60.0 Å². The smallest absolute Gasteiger partial charge is 0.258 e. The Morgan fingerprint density at radius 1 is 1.23 bits per heavy atom. The van der Waals surface area contributed by atoms with Gasteiger partial charge in [0.2, 0.25) is 0 Å². The van der Waals surface area contributed by atoms with Crippen molar-refractivity contribution < 1.29 is 17.9 Å². The van der Waals surface area contributed by atoms with Crippen LogP contribution in [0.5, 0.6) is 5.75 Å². The van der Waals surface area contributed by atoms with Crippen LogP contribution in [0.25, 0.3) is 0 Å². The molecule has 26 heavy (non-hydrogen) atoms. The van der Waals surface area contributed by atoms with E-state index in [0.29, 0.717) is 28.6 Å². The molecule has 0 radical (unpaired) electrons. The largest absolute Gasteiger partial charge is 0.494 e. The lowest BCUT2D eigenvalue weighted by Gasteiger charge is -2.28. The summed E-state index contributed by atoms with van der Waals surface area (Å²) in [5.74, 6) is 0.219. The number of hydrogen-bond acceptors (Lipinski definition) is 4. The second-order valence-corrected chi connectivity index (χ2v) is 8.21. The Morgan fingerprint density at radius 3 is 2.54 bits per heavy atom. The van der Waals surface area contributed by atoms with Crippen LogP contribution in [0.1, 0.15) is 17.3 Å². The second-order valence-electron chi connectivity index (χ2n) is 5.84. The maximum atomic E-state index is 13.1. The number of hydrogen-bond donors (Lipinski definition) is 0. The normalized spacial score (nSPS) is 17.8. The minimum Gasteiger partial charge on any atom is -0.494 e. The van der Waals surface area contributed by atoms with Crippen molar-refractivity contribution in [1.29, 1.82) is 0 Å². The zero-order valence-electron chi connectivity index (χ0n) is 14.1. The minimum absolute atomic E-state index is 0.146. The average Bonchev–Trinajstić information content (AvgIpc) is 2.96. The number of carbonyl (C=O) groups is 1. The van der Waals surface area contributed by atoms with E-state index in [1.807, 2.05) is 6.92 Å². The molecule has 2 aromatic rings. The van der Waals surface area contributed by atoms with E-state index in [0.717, 1.165) is 5.41 Å². The summed E-state index contributed by atoms with van der Waals surface area (Å²) in [4.78, 5) is 14.6. The number of rotatable bonds is 5. The standard InChI is InChI=1S/C19H18ClNO4S/c1-2-25-18-8-6-16(7-9-18)21(17-10-11-26(23,24)13-17)19(22)14-4-3-5-15(20)12-14/h3-12,17H,2,13H2,1H3/t17-/m0/s1. The summed E-state index contributed by atoms with van der Waals surface area (Å²) in [7, 11) is -3.31. The summed E-state index contributed by atoms with van der Waals surface area (Å²) in [6.45, 7) is 2.42. The molecule has 0 saturated heterocycles. The summed E-state index contributed by atoms with van der Waals surface area (Å²) in [5.41, 5.74) is 0.981. The summed E-state index contributed by atoms with van der Waals surface area (Å²) in [5, 5.41) is 1.60. The van der Waals surface area contributed by atoms with Crippen molar-refractivity contribution >= 4 is 33.0 Å². The predicted molar refractivity (Wildman–Crippen MR) is 103 cm³/mol. The lowest BCUT2D eigenvalue weighted by atomic mass is 10.1. The van der Waals surface area contributed by atoms with Crippen molar-refractivity contribution in [3.05, 3.63) is 70.6 Å². The van der Waals surface area contributed by atoms with E-state index in [2.05, 4.69) is 0 Å². The van der Waals surface area contributed by atoms with Crippen molar-refractivity contribution in [3.8, 4) is 5.75 Å². The molecule has 0 unspecified atom stereocenters. The maximum absolute atomic E-state index is 13.1. The first-order valence-corrected chi connectivity index (χ1v) is 10.2. The Balaban J connectivity index is 1.99. The van der Waals surface area contributed by atoms with Crippen LogP contribution in [-0.4, -0.2) is 32.7 Å². The van der Waals surface area contributed by atoms with Crippen LogP contribution >= 0.6 is 11.6 Å². The third-order valence-electron chi connectivity index (χ3n) is 3.96. The number of carbonyl (C=O) groups excluding carboxylic acids is 1. The molecule has 0 fully saturated rings. The third kappa shape index (κ3) is 4.08. The lowest BCUT2D eigenvalue weighted by Crippen LogP contribution is -2.41. The zero-order chi connectivity index (χ0) is 18.7. The van der Waals surface area contributed by atoms with E-state index in [1.165, 1.54) is 11.0 Å². The highest BCUT2D eigenvalue weighted by molar-refractivity contribution is 7.94. The van der Waals surface area contributed by atoms with Crippen molar-refractivity contribution in [2.24, 2.45) is 0 Å². The Labute approximate surface area is 157 Å². The van der Waals surface area contributed by atoms with Crippen LogP contribution in [0.4, 0.5) is 5.69 Å². The maximum Gasteiger partial charge on any atom is 0.258 e. The van der Waals surface area contributed by atoms with Crippen molar-refractivity contribution in [3.63, 3.8) is 0 Å². The Bertz CT molecular complexity index is 938. The fourth-order valence-corrected chi connectivity index (χ4v) is 4.27. The van der Waals surface area contributed by atoms with Gasteiger partial charge in [-0.05, 0) is 55.5 Å². The molecule has 0 aliphatic carbocycles. The van der Waals surface area contributed by atoms with Gasteiger partial charge in [0.05, 0.1) is 18.4 Å². The number of halogens is 1. The van der Waals surface area contributed by atoms with Gasteiger partial charge in [-0.25, -0.2) is 8.42 Å². The second kappa shape index (κ2) is 7.51. The molecule has 1 aliphatic rings. The van der Waals surface area contributed by atoms with Gasteiger partial charge in [0.25, 0.3) is 5.91 Å². The summed E-state index contributed by atoms with van der Waals surface area (Å²) in [6.07, 6.45) is 1.54.